The van der Waals surface area contributed by atoms with E-state index in [1.54, 1.807) is 12.1 Å². The molecule has 1 heterocycles. The van der Waals surface area contributed by atoms with E-state index in [1.165, 1.54) is 12.1 Å². The smallest absolute Gasteiger partial charge is 0.241 e. The first-order valence-corrected chi connectivity index (χ1v) is 7.83. The highest BCUT2D eigenvalue weighted by molar-refractivity contribution is 5.84. The second-order valence-corrected chi connectivity index (χ2v) is 5.91. The molecule has 0 bridgehead atoms. The summed E-state index contributed by atoms with van der Waals surface area (Å²) in [7, 11) is 0. The lowest BCUT2D eigenvalue weighted by Crippen LogP contribution is -2.42. The highest BCUT2D eigenvalue weighted by atomic mass is 19.1. The first kappa shape index (κ1) is 16.0. The van der Waals surface area contributed by atoms with Crippen LogP contribution in [-0.4, -0.2) is 22.9 Å². The topological polar surface area (TPSA) is 32.3 Å². The molecule has 1 amide bonds. The first-order chi connectivity index (χ1) is 9.99. The molecule has 0 aliphatic carbocycles. The average molecular weight is 292 g/mol. The number of nitrogens with one attached hydrogen (secondary N) is 1. The Kier molecular flexibility index (Phi) is 4.99. The number of amides is 1. The Morgan fingerprint density at radius 3 is 2.33 bits per heavy atom. The standard InChI is InChI=1S/C17H25FN2O/c1-5-13(6-2)12(4)20-16(19-11(3)17(20)21)14-7-9-15(18)10-8-14/h7-13,16,19H,5-6H2,1-4H3. The van der Waals surface area contributed by atoms with E-state index < -0.39 is 0 Å². The fraction of sp³-hybridized carbons (Fsp3) is 0.588. The summed E-state index contributed by atoms with van der Waals surface area (Å²) < 4.78 is 13.1. The van der Waals surface area contributed by atoms with Gasteiger partial charge in [0.15, 0.2) is 0 Å². The summed E-state index contributed by atoms with van der Waals surface area (Å²) in [6.45, 7) is 8.33. The number of hydrogen-bond donors (Lipinski definition) is 1. The predicted molar refractivity (Wildman–Crippen MR) is 82.1 cm³/mol. The molecule has 3 atom stereocenters. The van der Waals surface area contributed by atoms with Crippen molar-refractivity contribution in [2.24, 2.45) is 5.92 Å². The van der Waals surface area contributed by atoms with Gasteiger partial charge in [-0.3, -0.25) is 10.1 Å². The van der Waals surface area contributed by atoms with Crippen LogP contribution in [0.15, 0.2) is 24.3 Å². The van der Waals surface area contributed by atoms with Gasteiger partial charge >= 0.3 is 0 Å². The van der Waals surface area contributed by atoms with Crippen molar-refractivity contribution < 1.29 is 9.18 Å². The van der Waals surface area contributed by atoms with Crippen LogP contribution in [0.5, 0.6) is 0 Å². The van der Waals surface area contributed by atoms with Crippen molar-refractivity contribution in [1.29, 1.82) is 0 Å². The van der Waals surface area contributed by atoms with Crippen LogP contribution in [0.3, 0.4) is 0 Å². The lowest BCUT2D eigenvalue weighted by molar-refractivity contribution is -0.133. The Morgan fingerprint density at radius 1 is 1.24 bits per heavy atom. The maximum Gasteiger partial charge on any atom is 0.241 e. The summed E-state index contributed by atoms with van der Waals surface area (Å²) in [4.78, 5) is 14.5. The van der Waals surface area contributed by atoms with Gasteiger partial charge in [0.05, 0.1) is 6.04 Å². The van der Waals surface area contributed by atoms with Crippen molar-refractivity contribution in [3.63, 3.8) is 0 Å². The average Bonchev–Trinajstić information content (AvgIpc) is 2.77. The van der Waals surface area contributed by atoms with E-state index in [2.05, 4.69) is 26.1 Å². The van der Waals surface area contributed by atoms with E-state index in [-0.39, 0.29) is 30.0 Å². The van der Waals surface area contributed by atoms with Crippen LogP contribution in [0.2, 0.25) is 0 Å². The minimum Gasteiger partial charge on any atom is -0.319 e. The molecular formula is C17H25FN2O. The molecule has 4 heteroatoms. The lowest BCUT2D eigenvalue weighted by Gasteiger charge is -2.35. The molecule has 3 unspecified atom stereocenters. The molecule has 0 saturated carbocycles. The number of hydrogen-bond acceptors (Lipinski definition) is 2. The molecule has 1 aliphatic rings. The van der Waals surface area contributed by atoms with Gasteiger partial charge in [-0.1, -0.05) is 38.8 Å². The first-order valence-electron chi connectivity index (χ1n) is 7.83. The van der Waals surface area contributed by atoms with Crippen LogP contribution in [-0.2, 0) is 4.79 Å². The third kappa shape index (κ3) is 3.10. The van der Waals surface area contributed by atoms with Crippen molar-refractivity contribution in [2.45, 2.75) is 58.8 Å². The Morgan fingerprint density at radius 2 is 1.81 bits per heavy atom. The fourth-order valence-corrected chi connectivity index (χ4v) is 3.28. The zero-order chi connectivity index (χ0) is 15.6. The Labute approximate surface area is 126 Å². The van der Waals surface area contributed by atoms with Gasteiger partial charge in [0, 0.05) is 6.04 Å². The molecule has 1 N–H and O–H groups in total. The van der Waals surface area contributed by atoms with Gasteiger partial charge in [0.25, 0.3) is 0 Å². The van der Waals surface area contributed by atoms with Crippen molar-refractivity contribution in [3.05, 3.63) is 35.6 Å². The van der Waals surface area contributed by atoms with Gasteiger partial charge < -0.3 is 4.90 Å². The number of carbonyl (C=O) groups excluding carboxylic acids is 1. The van der Waals surface area contributed by atoms with Crippen molar-refractivity contribution in [1.82, 2.24) is 10.2 Å². The molecule has 116 valence electrons. The van der Waals surface area contributed by atoms with Crippen LogP contribution in [0.1, 0.15) is 52.3 Å². The zero-order valence-electron chi connectivity index (χ0n) is 13.3. The van der Waals surface area contributed by atoms with E-state index in [9.17, 15) is 9.18 Å². The third-order valence-electron chi connectivity index (χ3n) is 4.67. The summed E-state index contributed by atoms with van der Waals surface area (Å²) in [6.07, 6.45) is 1.93. The van der Waals surface area contributed by atoms with Crippen LogP contribution < -0.4 is 5.32 Å². The quantitative estimate of drug-likeness (QED) is 0.901. The van der Waals surface area contributed by atoms with Crippen LogP contribution in [0, 0.1) is 11.7 Å². The van der Waals surface area contributed by atoms with Crippen LogP contribution in [0.25, 0.3) is 0 Å². The van der Waals surface area contributed by atoms with E-state index in [1.807, 2.05) is 11.8 Å². The van der Waals surface area contributed by atoms with E-state index in [4.69, 9.17) is 0 Å². The second-order valence-electron chi connectivity index (χ2n) is 5.91. The number of carbonyl (C=O) groups is 1. The highest BCUT2D eigenvalue weighted by Gasteiger charge is 2.41. The molecule has 2 rings (SSSR count). The predicted octanol–water partition coefficient (Wildman–Crippen LogP) is 3.47. The maximum atomic E-state index is 13.1. The number of halogens is 1. The molecule has 3 nitrogen and oxygen atoms in total. The molecule has 21 heavy (non-hydrogen) atoms. The van der Waals surface area contributed by atoms with Gasteiger partial charge in [0.1, 0.15) is 12.0 Å². The van der Waals surface area contributed by atoms with Gasteiger partial charge in [-0.25, -0.2) is 4.39 Å². The van der Waals surface area contributed by atoms with Crippen LogP contribution in [0.4, 0.5) is 4.39 Å². The molecule has 0 radical (unpaired) electrons. The number of nitrogens with zero attached hydrogens (tertiary/aromatic N) is 1. The van der Waals surface area contributed by atoms with Gasteiger partial charge in [-0.2, -0.15) is 0 Å². The van der Waals surface area contributed by atoms with Gasteiger partial charge in [0.2, 0.25) is 5.91 Å². The van der Waals surface area contributed by atoms with Gasteiger partial charge in [-0.05, 0) is 37.5 Å². The lowest BCUT2D eigenvalue weighted by atomic mass is 9.93. The largest absolute Gasteiger partial charge is 0.319 e. The summed E-state index contributed by atoms with van der Waals surface area (Å²) in [5.74, 6) is 0.350. The van der Waals surface area contributed by atoms with Crippen molar-refractivity contribution in [2.75, 3.05) is 0 Å². The fourth-order valence-electron chi connectivity index (χ4n) is 3.28. The normalized spacial score (nSPS) is 23.9. The van der Waals surface area contributed by atoms with E-state index >= 15 is 0 Å². The Bertz CT molecular complexity index is 484. The summed E-state index contributed by atoms with van der Waals surface area (Å²) in [5.41, 5.74) is 0.937. The van der Waals surface area contributed by atoms with E-state index in [0.29, 0.717) is 5.92 Å². The van der Waals surface area contributed by atoms with Crippen LogP contribution >= 0.6 is 0 Å². The highest BCUT2D eigenvalue weighted by Crippen LogP contribution is 2.31. The van der Waals surface area contributed by atoms with Crippen molar-refractivity contribution >= 4 is 5.91 Å². The molecular weight excluding hydrogens is 267 g/mol. The molecule has 1 aromatic carbocycles. The van der Waals surface area contributed by atoms with Crippen molar-refractivity contribution in [3.8, 4) is 0 Å². The molecule has 0 aromatic heterocycles. The van der Waals surface area contributed by atoms with E-state index in [0.717, 1.165) is 18.4 Å². The summed E-state index contributed by atoms with van der Waals surface area (Å²) in [6, 6.07) is 6.38. The summed E-state index contributed by atoms with van der Waals surface area (Å²) >= 11 is 0. The molecule has 1 fully saturated rings. The molecule has 0 spiro atoms. The minimum atomic E-state index is -0.254. The second kappa shape index (κ2) is 6.56. The Balaban J connectivity index is 2.30. The number of rotatable bonds is 5. The monoisotopic (exact) mass is 292 g/mol. The Hall–Kier alpha value is -1.42. The summed E-state index contributed by atoms with van der Waals surface area (Å²) in [5, 5.41) is 3.33. The maximum absolute atomic E-state index is 13.1. The molecule has 1 saturated heterocycles. The SMILES string of the molecule is CCC(CC)C(C)N1C(=O)C(C)NC1c1ccc(F)cc1. The third-order valence-corrected chi connectivity index (χ3v) is 4.67. The minimum absolute atomic E-state index is 0.128. The zero-order valence-corrected chi connectivity index (χ0v) is 13.3. The molecule has 1 aliphatic heterocycles. The molecule has 1 aromatic rings. The number of benzene rings is 1. The van der Waals surface area contributed by atoms with Gasteiger partial charge in [-0.15, -0.1) is 0 Å².